The van der Waals surface area contributed by atoms with Crippen molar-refractivity contribution in [3.63, 3.8) is 0 Å². The van der Waals surface area contributed by atoms with E-state index in [0.29, 0.717) is 43.0 Å². The Balaban J connectivity index is 1.77. The third-order valence-electron chi connectivity index (χ3n) is 5.50. The van der Waals surface area contributed by atoms with E-state index in [4.69, 9.17) is 11.6 Å². The van der Waals surface area contributed by atoms with Crippen molar-refractivity contribution in [2.45, 2.75) is 51.4 Å². The van der Waals surface area contributed by atoms with Crippen molar-refractivity contribution in [1.29, 1.82) is 0 Å². The maximum atomic E-state index is 13.3. The number of carboxylic acid groups (broad SMARTS) is 1. The highest BCUT2D eigenvalue weighted by atomic mass is 35.5. The van der Waals surface area contributed by atoms with Crippen molar-refractivity contribution in [2.75, 3.05) is 23.7 Å². The van der Waals surface area contributed by atoms with Gasteiger partial charge in [-0.3, -0.25) is 4.57 Å². The average Bonchev–Trinajstić information content (AvgIpc) is 3.08. The summed E-state index contributed by atoms with van der Waals surface area (Å²) in [5, 5.41) is 15.4. The maximum Gasteiger partial charge on any atom is 0.416 e. The van der Waals surface area contributed by atoms with Crippen LogP contribution in [0.2, 0.25) is 5.02 Å². The van der Waals surface area contributed by atoms with Crippen molar-refractivity contribution in [3.8, 4) is 0 Å². The summed E-state index contributed by atoms with van der Waals surface area (Å²) in [6.07, 6.45) is -3.04. The van der Waals surface area contributed by atoms with Gasteiger partial charge in [0.05, 0.1) is 11.8 Å². The number of hydrogen-bond acceptors (Lipinski definition) is 6. The number of amides is 1. The lowest BCUT2D eigenvalue weighted by Crippen LogP contribution is -2.38. The predicted molar refractivity (Wildman–Crippen MR) is 126 cm³/mol. The minimum Gasteiger partial charge on any atom is -0.465 e. The SMILES string of the molecule is CC(C)(C)Nc1ncc2nc(Nc3cc(Cl)cc(C(F)(F)F)c3)n(C3CCN(C(=O)O)CC3)c2n1. The largest absolute Gasteiger partial charge is 0.465 e. The summed E-state index contributed by atoms with van der Waals surface area (Å²) >= 11 is 5.96. The van der Waals surface area contributed by atoms with E-state index in [2.05, 4.69) is 25.6 Å². The number of alkyl halides is 3. The molecule has 0 aliphatic carbocycles. The molecule has 0 atom stereocenters. The molecule has 13 heteroatoms. The van der Waals surface area contributed by atoms with Crippen molar-refractivity contribution < 1.29 is 23.1 Å². The van der Waals surface area contributed by atoms with Gasteiger partial charge in [0.15, 0.2) is 5.65 Å². The quantitative estimate of drug-likeness (QED) is 0.408. The van der Waals surface area contributed by atoms with Crippen LogP contribution in [0.1, 0.15) is 45.2 Å². The molecule has 0 bridgehead atoms. The van der Waals surface area contributed by atoms with Gasteiger partial charge in [-0.1, -0.05) is 11.6 Å². The molecule has 1 aliphatic heterocycles. The molecule has 188 valence electrons. The number of nitrogens with one attached hydrogen (secondary N) is 2. The Morgan fingerprint density at radius 1 is 1.14 bits per heavy atom. The lowest BCUT2D eigenvalue weighted by Gasteiger charge is -2.31. The molecule has 4 rings (SSSR count). The van der Waals surface area contributed by atoms with Crippen LogP contribution in [-0.2, 0) is 6.18 Å². The van der Waals surface area contributed by atoms with Crippen LogP contribution in [0, 0.1) is 0 Å². The van der Waals surface area contributed by atoms with Gasteiger partial charge < -0.3 is 20.6 Å². The standard InChI is InChI=1S/C22H25ClF3N7O2/c1-21(2,3)31-18-27-11-16-17(30-18)33(15-4-6-32(7-5-15)20(34)35)19(29-16)28-14-9-12(22(24,25)26)8-13(23)10-14/h8-11,15H,4-7H2,1-3H3,(H,28,29)(H,34,35)(H,27,30,31). The van der Waals surface area contributed by atoms with Gasteiger partial charge in [-0.15, -0.1) is 0 Å². The average molecular weight is 512 g/mol. The number of likely N-dealkylation sites (tertiary alicyclic amines) is 1. The van der Waals surface area contributed by atoms with Crippen LogP contribution >= 0.6 is 11.6 Å². The molecule has 3 N–H and O–H groups in total. The third kappa shape index (κ3) is 5.69. The molecule has 0 spiro atoms. The van der Waals surface area contributed by atoms with E-state index in [1.54, 1.807) is 10.8 Å². The Kier molecular flexibility index (Phi) is 6.43. The fourth-order valence-corrected chi connectivity index (χ4v) is 4.23. The fraction of sp³-hybridized carbons (Fsp3) is 0.455. The zero-order chi connectivity index (χ0) is 25.5. The molecule has 1 saturated heterocycles. The number of aromatic nitrogens is 4. The molecule has 1 amide bonds. The Hall–Kier alpha value is -3.28. The van der Waals surface area contributed by atoms with Crippen LogP contribution < -0.4 is 10.6 Å². The molecule has 1 fully saturated rings. The number of carbonyl (C=O) groups is 1. The summed E-state index contributed by atoms with van der Waals surface area (Å²) in [7, 11) is 0. The minimum atomic E-state index is -4.57. The molecule has 1 aromatic carbocycles. The Morgan fingerprint density at radius 2 is 1.83 bits per heavy atom. The molecular weight excluding hydrogens is 487 g/mol. The maximum absolute atomic E-state index is 13.3. The normalized spacial score (nSPS) is 15.5. The molecule has 3 aromatic rings. The number of rotatable bonds is 4. The molecular formula is C22H25ClF3N7O2. The first-order chi connectivity index (χ1) is 16.3. The van der Waals surface area contributed by atoms with Crippen LogP contribution in [0.4, 0.5) is 35.5 Å². The Bertz CT molecular complexity index is 1250. The summed E-state index contributed by atoms with van der Waals surface area (Å²) in [5.74, 6) is 0.647. The molecule has 0 unspecified atom stereocenters. The molecule has 9 nitrogen and oxygen atoms in total. The Labute approximate surface area is 204 Å². The molecule has 0 saturated carbocycles. The van der Waals surface area contributed by atoms with Crippen molar-refractivity contribution in [3.05, 3.63) is 35.0 Å². The number of hydrogen-bond donors (Lipinski definition) is 3. The van der Waals surface area contributed by atoms with E-state index in [-0.39, 0.29) is 28.2 Å². The van der Waals surface area contributed by atoms with E-state index in [9.17, 15) is 23.1 Å². The van der Waals surface area contributed by atoms with Gasteiger partial charge in [0, 0.05) is 35.4 Å². The summed E-state index contributed by atoms with van der Waals surface area (Å²) in [4.78, 5) is 26.2. The molecule has 1 aliphatic rings. The second-order valence-electron chi connectivity index (χ2n) is 9.44. The van der Waals surface area contributed by atoms with Crippen LogP contribution in [0.15, 0.2) is 24.4 Å². The first-order valence-electron chi connectivity index (χ1n) is 11.0. The highest BCUT2D eigenvalue weighted by Gasteiger charge is 2.32. The number of piperidine rings is 1. The van der Waals surface area contributed by atoms with E-state index in [0.717, 1.165) is 12.1 Å². The molecule has 3 heterocycles. The van der Waals surface area contributed by atoms with E-state index in [1.807, 2.05) is 20.8 Å². The van der Waals surface area contributed by atoms with E-state index in [1.165, 1.54) is 11.0 Å². The topological polar surface area (TPSA) is 108 Å². The molecule has 2 aromatic heterocycles. The molecule has 35 heavy (non-hydrogen) atoms. The smallest absolute Gasteiger partial charge is 0.416 e. The van der Waals surface area contributed by atoms with Crippen molar-refractivity contribution >= 4 is 46.4 Å². The number of anilines is 3. The van der Waals surface area contributed by atoms with E-state index < -0.39 is 17.8 Å². The second kappa shape index (κ2) is 9.06. The van der Waals surface area contributed by atoms with Crippen LogP contribution in [0.5, 0.6) is 0 Å². The molecule has 0 radical (unpaired) electrons. The van der Waals surface area contributed by atoms with Gasteiger partial charge in [-0.2, -0.15) is 18.2 Å². The number of benzene rings is 1. The highest BCUT2D eigenvalue weighted by Crippen LogP contribution is 2.36. The van der Waals surface area contributed by atoms with Gasteiger partial charge >= 0.3 is 12.3 Å². The second-order valence-corrected chi connectivity index (χ2v) is 9.87. The number of fused-ring (bicyclic) bond motifs is 1. The van der Waals surface area contributed by atoms with Crippen LogP contribution in [0.25, 0.3) is 11.2 Å². The first kappa shape index (κ1) is 24.8. The minimum absolute atomic E-state index is 0.0730. The van der Waals surface area contributed by atoms with Gasteiger partial charge in [0.1, 0.15) is 5.52 Å². The summed E-state index contributed by atoms with van der Waals surface area (Å²) in [6, 6.07) is 3.01. The predicted octanol–water partition coefficient (Wildman–Crippen LogP) is 5.77. The van der Waals surface area contributed by atoms with Crippen LogP contribution in [0.3, 0.4) is 0 Å². The summed E-state index contributed by atoms with van der Waals surface area (Å²) < 4.78 is 41.8. The van der Waals surface area contributed by atoms with Gasteiger partial charge in [0.2, 0.25) is 11.9 Å². The summed E-state index contributed by atoms with van der Waals surface area (Å²) in [5.41, 5.74) is -0.139. The first-order valence-corrected chi connectivity index (χ1v) is 11.3. The summed E-state index contributed by atoms with van der Waals surface area (Å²) in [6.45, 7) is 6.51. The monoisotopic (exact) mass is 511 g/mol. The Morgan fingerprint density at radius 3 is 2.43 bits per heavy atom. The zero-order valence-corrected chi connectivity index (χ0v) is 20.1. The third-order valence-corrected chi connectivity index (χ3v) is 5.72. The number of nitrogens with zero attached hydrogens (tertiary/aromatic N) is 5. The van der Waals surface area contributed by atoms with E-state index >= 15 is 0 Å². The highest BCUT2D eigenvalue weighted by molar-refractivity contribution is 6.31. The van der Waals surface area contributed by atoms with Gasteiger partial charge in [0.25, 0.3) is 0 Å². The number of halogens is 4. The lowest BCUT2D eigenvalue weighted by atomic mass is 10.1. The van der Waals surface area contributed by atoms with Crippen molar-refractivity contribution in [2.24, 2.45) is 0 Å². The van der Waals surface area contributed by atoms with Crippen LogP contribution in [-0.4, -0.2) is 54.2 Å². The number of imidazole rings is 1. The van der Waals surface area contributed by atoms with Crippen molar-refractivity contribution in [1.82, 2.24) is 24.4 Å². The zero-order valence-electron chi connectivity index (χ0n) is 19.3. The fourth-order valence-electron chi connectivity index (χ4n) is 3.99. The van der Waals surface area contributed by atoms with Gasteiger partial charge in [-0.05, 0) is 51.8 Å². The van der Waals surface area contributed by atoms with Gasteiger partial charge in [-0.25, -0.2) is 14.8 Å². The lowest BCUT2D eigenvalue weighted by molar-refractivity contribution is -0.137.